The Bertz CT molecular complexity index is 475. The van der Waals surface area contributed by atoms with Crippen LogP contribution in [0.5, 0.6) is 0 Å². The van der Waals surface area contributed by atoms with Gasteiger partial charge in [-0.15, -0.1) is 0 Å². The summed E-state index contributed by atoms with van der Waals surface area (Å²) in [5.41, 5.74) is -1.61. The summed E-state index contributed by atoms with van der Waals surface area (Å²) in [6.07, 6.45) is 23.8. The quantitative estimate of drug-likeness (QED) is 0.171. The number of unbranched alkanes of at least 4 members (excludes halogenated alkanes) is 6. The van der Waals surface area contributed by atoms with Gasteiger partial charge < -0.3 is 10.2 Å². The minimum Gasteiger partial charge on any atom is -0.480 e. The predicted octanol–water partition coefficient (Wildman–Crippen LogP) is 6.53. The van der Waals surface area contributed by atoms with E-state index in [1.807, 2.05) is 0 Å². The molecule has 0 atom stereocenters. The Hall–Kier alpha value is -1.84. The Balaban J connectivity index is 3.67. The molecule has 0 aliphatic rings. The van der Waals surface area contributed by atoms with Crippen LogP contribution in [0, 0.1) is 5.41 Å². The molecule has 0 bridgehead atoms. The summed E-state index contributed by atoms with van der Waals surface area (Å²) < 4.78 is 0. The predicted molar refractivity (Wildman–Crippen MR) is 112 cm³/mol. The average Bonchev–Trinajstić information content (AvgIpc) is 2.64. The lowest BCUT2D eigenvalue weighted by atomic mass is 9.80. The zero-order valence-corrected chi connectivity index (χ0v) is 17.2. The number of aliphatic carboxylic acids is 2. The minimum atomic E-state index is -1.61. The number of hydrogen-bond acceptors (Lipinski definition) is 2. The first-order chi connectivity index (χ1) is 13.0. The molecule has 2 N–H and O–H groups in total. The van der Waals surface area contributed by atoms with Crippen molar-refractivity contribution in [2.75, 3.05) is 0 Å². The fourth-order valence-corrected chi connectivity index (χ4v) is 3.01. The van der Waals surface area contributed by atoms with Crippen LogP contribution in [0.4, 0.5) is 0 Å². The molecule has 0 spiro atoms. The molecule has 0 radical (unpaired) electrons. The van der Waals surface area contributed by atoms with Gasteiger partial charge in [0.05, 0.1) is 0 Å². The third-order valence-corrected chi connectivity index (χ3v) is 4.93. The number of hydrogen-bond donors (Lipinski definition) is 2. The van der Waals surface area contributed by atoms with E-state index < -0.39 is 17.4 Å². The lowest BCUT2D eigenvalue weighted by Crippen LogP contribution is -2.38. The van der Waals surface area contributed by atoms with Gasteiger partial charge in [-0.25, -0.2) is 0 Å². The lowest BCUT2D eigenvalue weighted by Gasteiger charge is -2.22. The Kier molecular flexibility index (Phi) is 15.2. The third kappa shape index (κ3) is 11.5. The number of carbonyl (C=O) groups is 2. The molecule has 0 aliphatic carbocycles. The van der Waals surface area contributed by atoms with Gasteiger partial charge in [-0.3, -0.25) is 9.59 Å². The molecule has 0 saturated heterocycles. The molecule has 4 heteroatoms. The number of carboxylic acid groups (broad SMARTS) is 2. The van der Waals surface area contributed by atoms with Crippen molar-refractivity contribution in [1.82, 2.24) is 0 Å². The molecule has 0 amide bonds. The largest absolute Gasteiger partial charge is 0.480 e. The molecule has 4 nitrogen and oxygen atoms in total. The van der Waals surface area contributed by atoms with E-state index in [-0.39, 0.29) is 12.8 Å². The molecule has 0 unspecified atom stereocenters. The van der Waals surface area contributed by atoms with E-state index in [4.69, 9.17) is 0 Å². The molecule has 27 heavy (non-hydrogen) atoms. The zero-order chi connectivity index (χ0) is 20.4. The lowest BCUT2D eigenvalue weighted by molar-refractivity contribution is -0.165. The summed E-state index contributed by atoms with van der Waals surface area (Å²) in [5, 5.41) is 18.5. The van der Waals surface area contributed by atoms with E-state index in [0.717, 1.165) is 44.9 Å². The van der Waals surface area contributed by atoms with Crippen LogP contribution >= 0.6 is 0 Å². The first-order valence-electron chi connectivity index (χ1n) is 10.4. The number of allylic oxidation sites excluding steroid dienone is 6. The van der Waals surface area contributed by atoms with Gasteiger partial charge in [0.1, 0.15) is 0 Å². The Labute approximate surface area is 165 Å². The molecule has 154 valence electrons. The molecule has 0 aromatic heterocycles. The summed E-state index contributed by atoms with van der Waals surface area (Å²) in [4.78, 5) is 22.6. The van der Waals surface area contributed by atoms with Crippen molar-refractivity contribution < 1.29 is 19.8 Å². The maximum Gasteiger partial charge on any atom is 0.321 e. The van der Waals surface area contributed by atoms with Gasteiger partial charge in [0.2, 0.25) is 0 Å². The van der Waals surface area contributed by atoms with E-state index in [1.165, 1.54) is 12.8 Å². The van der Waals surface area contributed by atoms with Crippen molar-refractivity contribution in [3.63, 3.8) is 0 Å². The SMILES string of the molecule is CCC=CCC=CCC=CCCCCCCCCC(CC)(C(=O)O)C(=O)O. The highest BCUT2D eigenvalue weighted by Gasteiger charge is 2.44. The smallest absolute Gasteiger partial charge is 0.321 e. The van der Waals surface area contributed by atoms with E-state index in [0.29, 0.717) is 6.42 Å². The second-order valence-corrected chi connectivity index (χ2v) is 7.00. The molecule has 0 aromatic rings. The van der Waals surface area contributed by atoms with Crippen molar-refractivity contribution in [1.29, 1.82) is 0 Å². The maximum atomic E-state index is 11.3. The van der Waals surface area contributed by atoms with Gasteiger partial charge in [-0.05, 0) is 44.9 Å². The molecule has 0 aliphatic heterocycles. The first kappa shape index (κ1) is 25.2. The van der Waals surface area contributed by atoms with Crippen molar-refractivity contribution in [3.05, 3.63) is 36.5 Å². The molecular weight excluding hydrogens is 340 g/mol. The van der Waals surface area contributed by atoms with Crippen molar-refractivity contribution in [3.8, 4) is 0 Å². The van der Waals surface area contributed by atoms with Gasteiger partial charge in [0, 0.05) is 0 Å². The molecule has 0 rings (SSSR count). The van der Waals surface area contributed by atoms with E-state index in [9.17, 15) is 19.8 Å². The van der Waals surface area contributed by atoms with E-state index in [1.54, 1.807) is 6.92 Å². The third-order valence-electron chi connectivity index (χ3n) is 4.93. The summed E-state index contributed by atoms with van der Waals surface area (Å²) >= 11 is 0. The van der Waals surface area contributed by atoms with Crippen molar-refractivity contribution >= 4 is 11.9 Å². The van der Waals surface area contributed by atoms with Gasteiger partial charge in [0.15, 0.2) is 5.41 Å². The molecule has 0 saturated carbocycles. The summed E-state index contributed by atoms with van der Waals surface area (Å²) in [7, 11) is 0. The highest BCUT2D eigenvalue weighted by atomic mass is 16.4. The Morgan fingerprint density at radius 2 is 1.19 bits per heavy atom. The number of carboxylic acids is 2. The molecule has 0 aromatic carbocycles. The monoisotopic (exact) mass is 378 g/mol. The second-order valence-electron chi connectivity index (χ2n) is 7.00. The first-order valence-corrected chi connectivity index (χ1v) is 10.4. The van der Waals surface area contributed by atoms with Gasteiger partial charge in [0.25, 0.3) is 0 Å². The highest BCUT2D eigenvalue weighted by molar-refractivity contribution is 5.98. The van der Waals surface area contributed by atoms with Crippen LogP contribution in [0.3, 0.4) is 0 Å². The van der Waals surface area contributed by atoms with Gasteiger partial charge in [-0.1, -0.05) is 82.4 Å². The zero-order valence-electron chi connectivity index (χ0n) is 17.2. The number of rotatable bonds is 17. The normalized spacial score (nSPS) is 12.5. The maximum absolute atomic E-state index is 11.3. The fraction of sp³-hybridized carbons (Fsp3) is 0.652. The van der Waals surface area contributed by atoms with Crippen LogP contribution < -0.4 is 0 Å². The molecule has 0 fully saturated rings. The summed E-state index contributed by atoms with van der Waals surface area (Å²) in [6, 6.07) is 0. The minimum absolute atomic E-state index is 0.134. The van der Waals surface area contributed by atoms with Gasteiger partial charge >= 0.3 is 11.9 Å². The fourth-order valence-electron chi connectivity index (χ4n) is 3.01. The Morgan fingerprint density at radius 1 is 0.704 bits per heavy atom. The van der Waals surface area contributed by atoms with Crippen molar-refractivity contribution in [2.45, 2.75) is 90.9 Å². The van der Waals surface area contributed by atoms with E-state index >= 15 is 0 Å². The molecule has 0 heterocycles. The Morgan fingerprint density at radius 3 is 1.70 bits per heavy atom. The topological polar surface area (TPSA) is 74.6 Å². The summed E-state index contributed by atoms with van der Waals surface area (Å²) in [5.74, 6) is -2.42. The van der Waals surface area contributed by atoms with Crippen LogP contribution in [0.25, 0.3) is 0 Å². The van der Waals surface area contributed by atoms with Crippen molar-refractivity contribution in [2.24, 2.45) is 5.41 Å². The highest BCUT2D eigenvalue weighted by Crippen LogP contribution is 2.30. The van der Waals surface area contributed by atoms with Gasteiger partial charge in [-0.2, -0.15) is 0 Å². The van der Waals surface area contributed by atoms with Crippen LogP contribution in [-0.4, -0.2) is 22.2 Å². The van der Waals surface area contributed by atoms with Crippen LogP contribution in [0.15, 0.2) is 36.5 Å². The molecular formula is C23H38O4. The standard InChI is InChI=1S/C23H38O4/c1-3-5-6-7-8-9-10-11-12-13-14-15-16-17-18-19-20-23(4-2,21(24)25)22(26)27/h5-6,8-9,11-12H,3-4,7,10,13-20H2,1-2H3,(H,24,25)(H,26,27). The van der Waals surface area contributed by atoms with Crippen LogP contribution in [-0.2, 0) is 9.59 Å². The van der Waals surface area contributed by atoms with E-state index in [2.05, 4.69) is 43.4 Å². The van der Waals surface area contributed by atoms with Crippen LogP contribution in [0.2, 0.25) is 0 Å². The van der Waals surface area contributed by atoms with Crippen LogP contribution in [0.1, 0.15) is 90.9 Å². The summed E-state index contributed by atoms with van der Waals surface area (Å²) in [6.45, 7) is 3.77. The average molecular weight is 379 g/mol. The second kappa shape index (κ2) is 16.3.